The number of hydrogen-bond donors (Lipinski definition) is 3. The van der Waals surface area contributed by atoms with E-state index in [2.05, 4.69) is 5.32 Å². The minimum atomic E-state index is -1.81. The molecule has 4 rings (SSSR count). The second-order valence-electron chi connectivity index (χ2n) is 8.39. The number of amides is 2. The number of aliphatic carboxylic acids is 1. The molecule has 1 aliphatic heterocycles. The van der Waals surface area contributed by atoms with Crippen LogP contribution in [-0.4, -0.2) is 77.0 Å². The van der Waals surface area contributed by atoms with Gasteiger partial charge in [-0.05, 0) is 29.2 Å². The Morgan fingerprint density at radius 2 is 1.63 bits per heavy atom. The summed E-state index contributed by atoms with van der Waals surface area (Å²) >= 11 is 0. The zero-order chi connectivity index (χ0) is 25.1. The predicted molar refractivity (Wildman–Crippen MR) is 122 cm³/mol. The number of β-amino-alcohol motifs (C(OH)–C–C–N with tert-alkyl or cyclic N) is 1. The first kappa shape index (κ1) is 24.2. The number of carboxylic acid groups (broad SMARTS) is 1. The third-order valence-electron chi connectivity index (χ3n) is 6.22. The van der Waals surface area contributed by atoms with Crippen molar-refractivity contribution in [1.29, 1.82) is 0 Å². The SMILES string of the molecule is CCOC(=O)C(NC(=O)OCC1c2ccccc2-c2ccccc21)C(=O)N1C[C@@H](O)C[C@H]1C(=O)O. The zero-order valence-corrected chi connectivity index (χ0v) is 19.0. The molecule has 1 aliphatic carbocycles. The molecule has 3 atom stereocenters. The van der Waals surface area contributed by atoms with E-state index in [-0.39, 0.29) is 32.1 Å². The topological polar surface area (TPSA) is 142 Å². The largest absolute Gasteiger partial charge is 0.480 e. The molecule has 1 unspecified atom stereocenters. The van der Waals surface area contributed by atoms with Crippen LogP contribution in [0.2, 0.25) is 0 Å². The van der Waals surface area contributed by atoms with E-state index in [1.54, 1.807) is 0 Å². The maximum atomic E-state index is 13.0. The summed E-state index contributed by atoms with van der Waals surface area (Å²) in [5, 5.41) is 21.5. The number of rotatable bonds is 7. The Morgan fingerprint density at radius 3 is 2.20 bits per heavy atom. The molecule has 0 saturated carbocycles. The van der Waals surface area contributed by atoms with Crippen LogP contribution in [0.25, 0.3) is 11.1 Å². The number of esters is 1. The molecule has 10 nitrogen and oxygen atoms in total. The van der Waals surface area contributed by atoms with Crippen molar-refractivity contribution in [2.75, 3.05) is 19.8 Å². The monoisotopic (exact) mass is 482 g/mol. The van der Waals surface area contributed by atoms with E-state index >= 15 is 0 Å². The van der Waals surface area contributed by atoms with Crippen molar-refractivity contribution in [3.63, 3.8) is 0 Å². The highest BCUT2D eigenvalue weighted by atomic mass is 16.6. The Hall–Kier alpha value is -3.92. The second-order valence-corrected chi connectivity index (χ2v) is 8.39. The molecule has 35 heavy (non-hydrogen) atoms. The Bertz CT molecular complexity index is 1100. The Labute approximate surface area is 201 Å². The molecule has 0 radical (unpaired) electrons. The molecular weight excluding hydrogens is 456 g/mol. The number of hydrogen-bond acceptors (Lipinski definition) is 7. The fourth-order valence-corrected chi connectivity index (χ4v) is 4.66. The van der Waals surface area contributed by atoms with Gasteiger partial charge in [0.05, 0.1) is 12.7 Å². The average Bonchev–Trinajstić information content (AvgIpc) is 3.39. The summed E-state index contributed by atoms with van der Waals surface area (Å²) in [7, 11) is 0. The van der Waals surface area contributed by atoms with E-state index in [1.807, 2.05) is 48.5 Å². The van der Waals surface area contributed by atoms with Gasteiger partial charge in [-0.3, -0.25) is 10.1 Å². The lowest BCUT2D eigenvalue weighted by atomic mass is 9.98. The number of ether oxygens (including phenoxy) is 2. The van der Waals surface area contributed by atoms with Gasteiger partial charge in [0.25, 0.3) is 5.91 Å². The number of alkyl carbamates (subject to hydrolysis) is 1. The molecule has 2 amide bonds. The molecule has 1 heterocycles. The standard InChI is InChI=1S/C25H26N2O8/c1-2-34-24(32)21(22(29)27-12-14(28)11-20(27)23(30)31)26-25(33)35-13-19-17-9-5-3-7-15(17)16-8-4-6-10-18(16)19/h3-10,14,19-21,28H,2,11-13H2,1H3,(H,26,33)(H,30,31)/t14-,20-,21?/m0/s1. The van der Waals surface area contributed by atoms with E-state index in [0.29, 0.717) is 0 Å². The van der Waals surface area contributed by atoms with Crippen LogP contribution in [0, 0.1) is 0 Å². The highest BCUT2D eigenvalue weighted by molar-refractivity contribution is 6.05. The number of aliphatic hydroxyl groups is 1. The number of nitrogens with one attached hydrogen (secondary N) is 1. The van der Waals surface area contributed by atoms with Crippen LogP contribution in [0.15, 0.2) is 48.5 Å². The van der Waals surface area contributed by atoms with Gasteiger partial charge in [0.15, 0.2) is 0 Å². The highest BCUT2D eigenvalue weighted by Gasteiger charge is 2.44. The van der Waals surface area contributed by atoms with Gasteiger partial charge in [-0.1, -0.05) is 48.5 Å². The zero-order valence-electron chi connectivity index (χ0n) is 19.0. The van der Waals surface area contributed by atoms with Gasteiger partial charge in [-0.2, -0.15) is 0 Å². The maximum Gasteiger partial charge on any atom is 0.408 e. The summed E-state index contributed by atoms with van der Waals surface area (Å²) in [6, 6.07) is 12.4. The fraction of sp³-hybridized carbons (Fsp3) is 0.360. The molecule has 0 spiro atoms. The normalized spacial score (nSPS) is 19.4. The van der Waals surface area contributed by atoms with E-state index in [4.69, 9.17) is 9.47 Å². The van der Waals surface area contributed by atoms with E-state index in [9.17, 15) is 29.4 Å². The van der Waals surface area contributed by atoms with Gasteiger partial charge in [0, 0.05) is 18.9 Å². The Morgan fingerprint density at radius 1 is 1.03 bits per heavy atom. The lowest BCUT2D eigenvalue weighted by Crippen LogP contribution is -2.55. The van der Waals surface area contributed by atoms with Gasteiger partial charge < -0.3 is 24.6 Å². The van der Waals surface area contributed by atoms with E-state index in [1.165, 1.54) is 6.92 Å². The summed E-state index contributed by atoms with van der Waals surface area (Å²) in [6.07, 6.45) is -2.26. The maximum absolute atomic E-state index is 13.0. The van der Waals surface area contributed by atoms with Crippen molar-refractivity contribution in [1.82, 2.24) is 10.2 Å². The molecule has 2 aliphatic rings. The first-order chi connectivity index (χ1) is 16.8. The molecular formula is C25H26N2O8. The molecule has 184 valence electrons. The first-order valence-corrected chi connectivity index (χ1v) is 11.3. The molecule has 0 bridgehead atoms. The van der Waals surface area contributed by atoms with Gasteiger partial charge in [0.1, 0.15) is 12.6 Å². The quantitative estimate of drug-likeness (QED) is 0.398. The van der Waals surface area contributed by atoms with Crippen molar-refractivity contribution in [2.45, 2.75) is 37.5 Å². The summed E-state index contributed by atoms with van der Waals surface area (Å²) in [4.78, 5) is 50.5. The number of carboxylic acids is 1. The number of fused-ring (bicyclic) bond motifs is 3. The lowest BCUT2D eigenvalue weighted by Gasteiger charge is -2.26. The molecule has 0 aromatic heterocycles. The van der Waals surface area contributed by atoms with Crippen molar-refractivity contribution < 1.29 is 38.9 Å². The molecule has 2 aromatic carbocycles. The molecule has 10 heteroatoms. The van der Waals surface area contributed by atoms with Crippen LogP contribution < -0.4 is 5.32 Å². The van der Waals surface area contributed by atoms with Crippen molar-refractivity contribution >= 4 is 23.9 Å². The van der Waals surface area contributed by atoms with Gasteiger partial charge in [-0.15, -0.1) is 0 Å². The van der Waals surface area contributed by atoms with Gasteiger partial charge in [0.2, 0.25) is 6.04 Å². The van der Waals surface area contributed by atoms with E-state index in [0.717, 1.165) is 27.2 Å². The van der Waals surface area contributed by atoms with Crippen molar-refractivity contribution in [2.24, 2.45) is 0 Å². The smallest absolute Gasteiger partial charge is 0.408 e. The average molecular weight is 482 g/mol. The second kappa shape index (κ2) is 10.1. The van der Waals surface area contributed by atoms with Crippen LogP contribution in [0.4, 0.5) is 4.79 Å². The molecule has 2 aromatic rings. The Balaban J connectivity index is 1.48. The van der Waals surface area contributed by atoms with E-state index < -0.39 is 42.1 Å². The number of carbonyl (C=O) groups is 4. The minimum Gasteiger partial charge on any atom is -0.480 e. The van der Waals surface area contributed by atoms with Gasteiger partial charge >= 0.3 is 18.0 Å². The third kappa shape index (κ3) is 4.83. The number of nitrogens with zero attached hydrogens (tertiary/aromatic N) is 1. The van der Waals surface area contributed by atoms with Crippen LogP contribution in [0.1, 0.15) is 30.4 Å². The van der Waals surface area contributed by atoms with Crippen LogP contribution in [0.5, 0.6) is 0 Å². The van der Waals surface area contributed by atoms with Gasteiger partial charge in [-0.25, -0.2) is 14.4 Å². The number of likely N-dealkylation sites (tertiary alicyclic amines) is 1. The van der Waals surface area contributed by atoms with Crippen LogP contribution in [-0.2, 0) is 23.9 Å². The first-order valence-electron chi connectivity index (χ1n) is 11.3. The molecule has 1 fully saturated rings. The Kier molecular flexibility index (Phi) is 7.02. The number of carbonyl (C=O) groups excluding carboxylic acids is 3. The summed E-state index contributed by atoms with van der Waals surface area (Å²) in [6.45, 7) is 1.16. The minimum absolute atomic E-state index is 0.0379. The summed E-state index contributed by atoms with van der Waals surface area (Å²) in [5.74, 6) is -3.58. The number of aliphatic hydroxyl groups excluding tert-OH is 1. The van der Waals surface area contributed by atoms with Crippen LogP contribution >= 0.6 is 0 Å². The summed E-state index contributed by atoms with van der Waals surface area (Å²) < 4.78 is 10.3. The fourth-order valence-electron chi connectivity index (χ4n) is 4.66. The summed E-state index contributed by atoms with van der Waals surface area (Å²) in [5.41, 5.74) is 4.08. The van der Waals surface area contributed by atoms with Crippen molar-refractivity contribution in [3.05, 3.63) is 59.7 Å². The predicted octanol–water partition coefficient (Wildman–Crippen LogP) is 1.50. The number of benzene rings is 2. The van der Waals surface area contributed by atoms with Crippen molar-refractivity contribution in [3.8, 4) is 11.1 Å². The van der Waals surface area contributed by atoms with Crippen LogP contribution in [0.3, 0.4) is 0 Å². The molecule has 1 saturated heterocycles. The molecule has 3 N–H and O–H groups in total. The lowest BCUT2D eigenvalue weighted by molar-refractivity contribution is -0.156. The highest BCUT2D eigenvalue weighted by Crippen LogP contribution is 2.44. The third-order valence-corrected chi connectivity index (χ3v) is 6.22.